The molecule has 3 heterocycles. The number of aliphatic imine (C=N–C) groups is 1. The Bertz CT molecular complexity index is 778. The number of nitrogens with zero attached hydrogens (tertiary/aromatic N) is 4. The number of rotatable bonds is 2. The van der Waals surface area contributed by atoms with Crippen molar-refractivity contribution in [3.63, 3.8) is 0 Å². The Morgan fingerprint density at radius 3 is 3.00 bits per heavy atom. The fourth-order valence-electron chi connectivity index (χ4n) is 3.82. The van der Waals surface area contributed by atoms with Crippen LogP contribution in [0.1, 0.15) is 6.42 Å². The van der Waals surface area contributed by atoms with E-state index < -0.39 is 6.92 Å². The van der Waals surface area contributed by atoms with E-state index in [1.807, 2.05) is 11.0 Å². The summed E-state index contributed by atoms with van der Waals surface area (Å²) < 4.78 is 0. The molecule has 0 atom stereocenters. The molecule has 2 amide bonds. The zero-order valence-corrected chi connectivity index (χ0v) is 15.6. The number of carbonyl (C=O) groups excluding carboxylic acids is 1. The number of likely N-dealkylation sites (N-methyl/N-ethyl adjacent to an activating group) is 1. The normalized spacial score (nSPS) is 19.3. The number of hydrogen-bond acceptors (Lipinski definition) is 4. The number of carbonyl (C=O) groups is 1. The fraction of sp³-hybridized carbons (Fsp3) is 0.444. The maximum Gasteiger partial charge on any atom is 0.346 e. The van der Waals surface area contributed by atoms with Crippen molar-refractivity contribution in [1.82, 2.24) is 9.80 Å². The van der Waals surface area contributed by atoms with E-state index in [-0.39, 0.29) is 12.5 Å². The molecule has 0 aromatic heterocycles. The van der Waals surface area contributed by atoms with Crippen molar-refractivity contribution in [2.24, 2.45) is 10.9 Å². The van der Waals surface area contributed by atoms with Crippen LogP contribution in [0.25, 0.3) is 0 Å². The maximum atomic E-state index is 12.8. The van der Waals surface area contributed by atoms with E-state index in [0.29, 0.717) is 10.9 Å². The van der Waals surface area contributed by atoms with Crippen molar-refractivity contribution in [2.75, 3.05) is 44.6 Å². The summed E-state index contributed by atoms with van der Waals surface area (Å²) in [7, 11) is 2.05. The van der Waals surface area contributed by atoms with Gasteiger partial charge in [0, 0.05) is 56.3 Å². The molecule has 1 aromatic rings. The Hall–Kier alpha value is -1.99. The van der Waals surface area contributed by atoms with Gasteiger partial charge in [0.1, 0.15) is 5.84 Å². The zero-order valence-electron chi connectivity index (χ0n) is 14.8. The van der Waals surface area contributed by atoms with Crippen LogP contribution < -0.4 is 10.4 Å². The molecule has 26 heavy (non-hydrogen) atoms. The molecule has 1 saturated heterocycles. The van der Waals surface area contributed by atoms with Crippen molar-refractivity contribution in [1.29, 1.82) is 0 Å². The van der Waals surface area contributed by atoms with Crippen molar-refractivity contribution in [3.05, 3.63) is 35.4 Å². The largest absolute Gasteiger partial charge is 0.445 e. The lowest BCUT2D eigenvalue weighted by atomic mass is 9.64. The first-order valence-electron chi connectivity index (χ1n) is 8.99. The first kappa shape index (κ1) is 17.4. The molecule has 0 bridgehead atoms. The highest BCUT2D eigenvalue weighted by Gasteiger charge is 2.40. The summed E-state index contributed by atoms with van der Waals surface area (Å²) in [6.07, 6.45) is 5.52. The second-order valence-corrected chi connectivity index (χ2v) is 7.63. The molecule has 6 nitrogen and oxygen atoms in total. The highest BCUT2D eigenvalue weighted by molar-refractivity contribution is 6.71. The Balaban J connectivity index is 1.34. The van der Waals surface area contributed by atoms with Gasteiger partial charge in [-0.25, -0.2) is 4.79 Å². The third-order valence-corrected chi connectivity index (χ3v) is 5.45. The maximum absolute atomic E-state index is 12.8. The lowest BCUT2D eigenvalue weighted by Gasteiger charge is -2.43. The van der Waals surface area contributed by atoms with Crippen LogP contribution >= 0.6 is 11.6 Å². The molecule has 0 saturated carbocycles. The van der Waals surface area contributed by atoms with Crippen LogP contribution in [0, 0.1) is 5.92 Å². The van der Waals surface area contributed by atoms with E-state index in [0.717, 1.165) is 49.6 Å². The monoisotopic (exact) mass is 372 g/mol. The number of dihydropyridines is 1. The first-order chi connectivity index (χ1) is 12.5. The van der Waals surface area contributed by atoms with Gasteiger partial charge in [-0.15, -0.1) is 0 Å². The number of hydrogen-bond donors (Lipinski definition) is 1. The van der Waals surface area contributed by atoms with Crippen molar-refractivity contribution < 1.29 is 9.82 Å². The molecule has 1 aromatic carbocycles. The molecule has 3 aliphatic heterocycles. The van der Waals surface area contributed by atoms with Gasteiger partial charge in [0.25, 0.3) is 0 Å². The van der Waals surface area contributed by atoms with Gasteiger partial charge < -0.3 is 14.8 Å². The second kappa shape index (κ2) is 6.97. The molecule has 0 spiro atoms. The summed E-state index contributed by atoms with van der Waals surface area (Å²) in [6, 6.07) is 5.26. The summed E-state index contributed by atoms with van der Waals surface area (Å²) >= 11 is 6.00. The number of amidine groups is 1. The van der Waals surface area contributed by atoms with Crippen LogP contribution in [0.15, 0.2) is 35.3 Å². The average molecular weight is 373 g/mol. The topological polar surface area (TPSA) is 59.4 Å². The second-order valence-electron chi connectivity index (χ2n) is 7.19. The summed E-state index contributed by atoms with van der Waals surface area (Å²) in [4.78, 5) is 23.0. The van der Waals surface area contributed by atoms with Crippen molar-refractivity contribution >= 4 is 41.5 Å². The lowest BCUT2D eigenvalue weighted by Crippen LogP contribution is -2.57. The fourth-order valence-corrected chi connectivity index (χ4v) is 4.01. The number of likely N-dealkylation sites (tertiary alicyclic amines) is 1. The minimum absolute atomic E-state index is 0.0427. The van der Waals surface area contributed by atoms with Gasteiger partial charge in [-0.2, -0.15) is 0 Å². The predicted molar refractivity (Wildman–Crippen MR) is 106 cm³/mol. The molecular formula is C18H22BClN4O2. The molecule has 0 unspecified atom stereocenters. The van der Waals surface area contributed by atoms with Gasteiger partial charge in [-0.3, -0.25) is 9.89 Å². The van der Waals surface area contributed by atoms with E-state index in [1.54, 1.807) is 17.0 Å². The van der Waals surface area contributed by atoms with Gasteiger partial charge in [0.2, 0.25) is 0 Å². The van der Waals surface area contributed by atoms with E-state index >= 15 is 0 Å². The Kier molecular flexibility index (Phi) is 4.67. The zero-order chi connectivity index (χ0) is 18.3. The van der Waals surface area contributed by atoms with Crippen LogP contribution in [-0.2, 0) is 0 Å². The molecule has 1 N–H and O–H groups in total. The molecular weight excluding hydrogens is 350 g/mol. The minimum Gasteiger partial charge on any atom is -0.445 e. The Morgan fingerprint density at radius 1 is 1.46 bits per heavy atom. The van der Waals surface area contributed by atoms with Crippen LogP contribution in [0.2, 0.25) is 5.02 Å². The third-order valence-electron chi connectivity index (χ3n) is 5.21. The van der Waals surface area contributed by atoms with E-state index in [9.17, 15) is 9.82 Å². The number of benzene rings is 1. The number of urea groups is 1. The molecule has 1 fully saturated rings. The molecule has 136 valence electrons. The highest BCUT2D eigenvalue weighted by atomic mass is 35.5. The molecule has 0 radical (unpaired) electrons. The number of amides is 2. The third kappa shape index (κ3) is 3.21. The van der Waals surface area contributed by atoms with Gasteiger partial charge >= 0.3 is 12.9 Å². The van der Waals surface area contributed by atoms with E-state index in [2.05, 4.69) is 29.1 Å². The Morgan fingerprint density at radius 2 is 2.27 bits per heavy atom. The standard InChI is InChI=1S/C18H22BClN4O2/c1-22(17-4-2-3-7-21-17)9-13-10-23(11-13)18(25)24-12-19(26)15-8-14(20)5-6-16(15)24/h2,4-6,8,13,26H,3,7,9-12H2,1H3. The van der Waals surface area contributed by atoms with Crippen LogP contribution in [0.3, 0.4) is 0 Å². The van der Waals surface area contributed by atoms with Crippen LogP contribution in [-0.4, -0.2) is 73.3 Å². The van der Waals surface area contributed by atoms with Gasteiger partial charge in [0.05, 0.1) is 0 Å². The molecule has 4 rings (SSSR count). The quantitative estimate of drug-likeness (QED) is 0.795. The van der Waals surface area contributed by atoms with Crippen LogP contribution in [0.4, 0.5) is 10.5 Å². The van der Waals surface area contributed by atoms with Crippen LogP contribution in [0.5, 0.6) is 0 Å². The SMILES string of the molecule is CN(CC1CN(C(=O)N2CB(O)c3cc(Cl)ccc32)C1)C1=NCCC=C1. The molecule has 8 heteroatoms. The smallest absolute Gasteiger partial charge is 0.346 e. The lowest BCUT2D eigenvalue weighted by molar-refractivity contribution is 0.114. The molecule has 0 aliphatic carbocycles. The summed E-state index contributed by atoms with van der Waals surface area (Å²) in [6.45, 7) is 2.53. The highest BCUT2D eigenvalue weighted by Crippen LogP contribution is 2.26. The van der Waals surface area contributed by atoms with Crippen molar-refractivity contribution in [2.45, 2.75) is 6.42 Å². The predicted octanol–water partition coefficient (Wildman–Crippen LogP) is 1.23. The first-order valence-corrected chi connectivity index (χ1v) is 9.37. The summed E-state index contributed by atoms with van der Waals surface area (Å²) in [5.74, 6) is 1.47. The van der Waals surface area contributed by atoms with Gasteiger partial charge in [-0.05, 0) is 36.2 Å². The summed E-state index contributed by atoms with van der Waals surface area (Å²) in [5.41, 5.74) is 1.49. The van der Waals surface area contributed by atoms with E-state index in [4.69, 9.17) is 11.6 Å². The van der Waals surface area contributed by atoms with E-state index in [1.165, 1.54) is 0 Å². The summed E-state index contributed by atoms with van der Waals surface area (Å²) in [5, 5.41) is 10.8. The van der Waals surface area contributed by atoms with Crippen molar-refractivity contribution in [3.8, 4) is 0 Å². The van der Waals surface area contributed by atoms with Gasteiger partial charge in [0.15, 0.2) is 0 Å². The number of anilines is 1. The molecule has 3 aliphatic rings. The Labute approximate surface area is 158 Å². The average Bonchev–Trinajstić information content (AvgIpc) is 2.94. The number of fused-ring (bicyclic) bond motifs is 1. The minimum atomic E-state index is -0.674. The number of halogens is 1. The van der Waals surface area contributed by atoms with Gasteiger partial charge in [-0.1, -0.05) is 17.7 Å².